The molecule has 0 spiro atoms. The average Bonchev–Trinajstić information content (AvgIpc) is 2.46. The van der Waals surface area contributed by atoms with Crippen molar-refractivity contribution in [1.29, 1.82) is 0 Å². The van der Waals surface area contributed by atoms with Crippen LogP contribution in [0.15, 0.2) is 12.1 Å². The first kappa shape index (κ1) is 13.5. The molecular formula is C14H16ClNO4. The van der Waals surface area contributed by atoms with Crippen molar-refractivity contribution in [1.82, 2.24) is 4.90 Å². The summed E-state index contributed by atoms with van der Waals surface area (Å²) in [5, 5.41) is 0.409. The zero-order valence-electron chi connectivity index (χ0n) is 11.2. The number of hydrogen-bond donors (Lipinski definition) is 0. The van der Waals surface area contributed by atoms with Gasteiger partial charge < -0.3 is 19.1 Å². The predicted molar refractivity (Wildman–Crippen MR) is 73.8 cm³/mol. The minimum Gasteiger partial charge on any atom is -0.486 e. The van der Waals surface area contributed by atoms with Gasteiger partial charge in [-0.15, -0.1) is 0 Å². The lowest BCUT2D eigenvalue weighted by Gasteiger charge is -2.31. The second kappa shape index (κ2) is 5.50. The van der Waals surface area contributed by atoms with Gasteiger partial charge in [-0.25, -0.2) is 0 Å². The molecule has 1 aromatic rings. The number of carbonyl (C=O) groups excluding carboxylic acids is 1. The van der Waals surface area contributed by atoms with Crippen molar-refractivity contribution in [3.8, 4) is 11.5 Å². The Morgan fingerprint density at radius 1 is 1.30 bits per heavy atom. The normalized spacial score (nSPS) is 21.7. The molecule has 1 atom stereocenters. The molecule has 20 heavy (non-hydrogen) atoms. The molecule has 0 aromatic heterocycles. The first-order valence-corrected chi connectivity index (χ1v) is 7.03. The summed E-state index contributed by atoms with van der Waals surface area (Å²) in [4.78, 5) is 14.3. The fourth-order valence-electron chi connectivity index (χ4n) is 2.42. The van der Waals surface area contributed by atoms with Crippen molar-refractivity contribution < 1.29 is 19.0 Å². The van der Waals surface area contributed by atoms with Gasteiger partial charge in [-0.1, -0.05) is 11.6 Å². The lowest BCUT2D eigenvalue weighted by atomic mass is 10.1. The van der Waals surface area contributed by atoms with Gasteiger partial charge in [-0.05, 0) is 19.1 Å². The van der Waals surface area contributed by atoms with E-state index in [-0.39, 0.29) is 12.0 Å². The Bertz CT molecular complexity index is 534. The van der Waals surface area contributed by atoms with Gasteiger partial charge in [0, 0.05) is 18.7 Å². The van der Waals surface area contributed by atoms with Crippen molar-refractivity contribution in [3.63, 3.8) is 0 Å². The SMILES string of the molecule is C[C@@H]1CN(C(=O)c2cc(Cl)c3c(c2)OCCO3)CCO1. The summed E-state index contributed by atoms with van der Waals surface area (Å²) >= 11 is 6.16. The summed E-state index contributed by atoms with van der Waals surface area (Å²) in [5.74, 6) is 0.997. The maximum absolute atomic E-state index is 12.5. The van der Waals surface area contributed by atoms with Crippen LogP contribution in [0.2, 0.25) is 5.02 Å². The van der Waals surface area contributed by atoms with Crippen LogP contribution in [0.5, 0.6) is 11.5 Å². The molecule has 0 unspecified atom stereocenters. The molecule has 3 rings (SSSR count). The van der Waals surface area contributed by atoms with E-state index in [1.165, 1.54) is 0 Å². The Morgan fingerprint density at radius 3 is 2.90 bits per heavy atom. The smallest absolute Gasteiger partial charge is 0.254 e. The van der Waals surface area contributed by atoms with Crippen LogP contribution in [0, 0.1) is 0 Å². The van der Waals surface area contributed by atoms with Gasteiger partial charge in [0.05, 0.1) is 17.7 Å². The Balaban J connectivity index is 1.86. The number of halogens is 1. The first-order valence-electron chi connectivity index (χ1n) is 6.65. The fourth-order valence-corrected chi connectivity index (χ4v) is 2.69. The molecule has 108 valence electrons. The highest BCUT2D eigenvalue weighted by atomic mass is 35.5. The molecule has 0 aliphatic carbocycles. The van der Waals surface area contributed by atoms with Gasteiger partial charge in [0.15, 0.2) is 11.5 Å². The van der Waals surface area contributed by atoms with Gasteiger partial charge in [0.2, 0.25) is 0 Å². The molecule has 1 fully saturated rings. The highest BCUT2D eigenvalue weighted by Crippen LogP contribution is 2.38. The van der Waals surface area contributed by atoms with E-state index in [0.717, 1.165) is 0 Å². The second-order valence-electron chi connectivity index (χ2n) is 4.91. The van der Waals surface area contributed by atoms with E-state index in [0.29, 0.717) is 55.0 Å². The molecule has 2 aliphatic rings. The Morgan fingerprint density at radius 2 is 2.10 bits per heavy atom. The number of nitrogens with zero attached hydrogens (tertiary/aromatic N) is 1. The van der Waals surface area contributed by atoms with Crippen LogP contribution in [0.1, 0.15) is 17.3 Å². The molecule has 0 N–H and O–H groups in total. The summed E-state index contributed by atoms with van der Waals surface area (Å²) in [7, 11) is 0. The van der Waals surface area contributed by atoms with Crippen molar-refractivity contribution in [2.24, 2.45) is 0 Å². The molecule has 0 saturated carbocycles. The molecular weight excluding hydrogens is 282 g/mol. The third-order valence-electron chi connectivity index (χ3n) is 3.37. The number of fused-ring (bicyclic) bond motifs is 1. The monoisotopic (exact) mass is 297 g/mol. The van der Waals surface area contributed by atoms with Gasteiger partial charge in [0.1, 0.15) is 13.2 Å². The predicted octanol–water partition coefficient (Wildman–Crippen LogP) is 1.97. The van der Waals surface area contributed by atoms with Crippen molar-refractivity contribution in [2.75, 3.05) is 32.9 Å². The number of benzene rings is 1. The number of amides is 1. The second-order valence-corrected chi connectivity index (χ2v) is 5.32. The topological polar surface area (TPSA) is 48.0 Å². The van der Waals surface area contributed by atoms with E-state index in [1.807, 2.05) is 6.92 Å². The van der Waals surface area contributed by atoms with Crippen LogP contribution < -0.4 is 9.47 Å². The first-order chi connectivity index (χ1) is 9.65. The molecule has 6 heteroatoms. The Kier molecular flexibility index (Phi) is 3.72. The summed E-state index contributed by atoms with van der Waals surface area (Å²) in [6, 6.07) is 3.33. The number of morpholine rings is 1. The van der Waals surface area contributed by atoms with Crippen molar-refractivity contribution >= 4 is 17.5 Å². The van der Waals surface area contributed by atoms with E-state index >= 15 is 0 Å². The van der Waals surface area contributed by atoms with Crippen LogP contribution in [-0.4, -0.2) is 49.8 Å². The van der Waals surface area contributed by atoms with Crippen LogP contribution in [0.3, 0.4) is 0 Å². The minimum absolute atomic E-state index is 0.0559. The summed E-state index contributed by atoms with van der Waals surface area (Å²) < 4.78 is 16.4. The summed E-state index contributed by atoms with van der Waals surface area (Å²) in [6.45, 7) is 4.64. The molecule has 5 nitrogen and oxygen atoms in total. The molecule has 2 aliphatic heterocycles. The van der Waals surface area contributed by atoms with Crippen LogP contribution in [-0.2, 0) is 4.74 Å². The van der Waals surface area contributed by atoms with Crippen LogP contribution >= 0.6 is 11.6 Å². The summed E-state index contributed by atoms with van der Waals surface area (Å²) in [5.41, 5.74) is 0.522. The van der Waals surface area contributed by atoms with E-state index in [1.54, 1.807) is 17.0 Å². The molecule has 0 radical (unpaired) electrons. The largest absolute Gasteiger partial charge is 0.486 e. The van der Waals surface area contributed by atoms with Crippen LogP contribution in [0.4, 0.5) is 0 Å². The van der Waals surface area contributed by atoms with Gasteiger partial charge in [0.25, 0.3) is 5.91 Å². The van der Waals surface area contributed by atoms with Gasteiger partial charge >= 0.3 is 0 Å². The number of rotatable bonds is 1. The van der Waals surface area contributed by atoms with E-state index in [4.69, 9.17) is 25.8 Å². The maximum atomic E-state index is 12.5. The molecule has 2 heterocycles. The standard InChI is InChI=1S/C14H16ClNO4/c1-9-8-16(2-3-18-9)14(17)10-6-11(15)13-12(7-10)19-4-5-20-13/h6-7,9H,2-5,8H2,1H3/t9-/m1/s1. The van der Waals surface area contributed by atoms with Crippen molar-refractivity contribution in [2.45, 2.75) is 13.0 Å². The average molecular weight is 298 g/mol. The van der Waals surface area contributed by atoms with Gasteiger partial charge in [-0.2, -0.15) is 0 Å². The third kappa shape index (κ3) is 2.55. The maximum Gasteiger partial charge on any atom is 0.254 e. The minimum atomic E-state index is -0.0565. The van der Waals surface area contributed by atoms with Crippen LogP contribution in [0.25, 0.3) is 0 Å². The Labute approximate surface area is 122 Å². The highest BCUT2D eigenvalue weighted by Gasteiger charge is 2.25. The zero-order chi connectivity index (χ0) is 14.1. The molecule has 1 aromatic carbocycles. The molecule has 1 amide bonds. The van der Waals surface area contributed by atoms with E-state index in [9.17, 15) is 4.79 Å². The zero-order valence-corrected chi connectivity index (χ0v) is 12.0. The summed E-state index contributed by atoms with van der Waals surface area (Å²) in [6.07, 6.45) is 0.0559. The fraction of sp³-hybridized carbons (Fsp3) is 0.500. The molecule has 1 saturated heterocycles. The van der Waals surface area contributed by atoms with E-state index < -0.39 is 0 Å². The van der Waals surface area contributed by atoms with E-state index in [2.05, 4.69) is 0 Å². The lowest BCUT2D eigenvalue weighted by Crippen LogP contribution is -2.44. The number of carbonyl (C=O) groups is 1. The van der Waals surface area contributed by atoms with Gasteiger partial charge in [-0.3, -0.25) is 4.79 Å². The highest BCUT2D eigenvalue weighted by molar-refractivity contribution is 6.32. The Hall–Kier alpha value is -1.46. The number of hydrogen-bond acceptors (Lipinski definition) is 4. The molecule has 0 bridgehead atoms. The number of ether oxygens (including phenoxy) is 3. The lowest BCUT2D eigenvalue weighted by molar-refractivity contribution is -0.0124. The van der Waals surface area contributed by atoms with Crippen molar-refractivity contribution in [3.05, 3.63) is 22.7 Å². The quantitative estimate of drug-likeness (QED) is 0.795. The third-order valence-corrected chi connectivity index (χ3v) is 3.65.